The van der Waals surface area contributed by atoms with Gasteiger partial charge in [0.2, 0.25) is 0 Å². The molecule has 164 valence electrons. The van der Waals surface area contributed by atoms with Gasteiger partial charge in [-0.1, -0.05) is 71.2 Å². The third kappa shape index (κ3) is 5.20. The van der Waals surface area contributed by atoms with Crippen molar-refractivity contribution in [3.63, 3.8) is 0 Å². The van der Waals surface area contributed by atoms with Crippen LogP contribution >= 0.6 is 34.8 Å². The number of halogens is 3. The molecule has 2 atom stereocenters. The summed E-state index contributed by atoms with van der Waals surface area (Å²) in [6.45, 7) is 9.90. The Balaban J connectivity index is 1.58. The van der Waals surface area contributed by atoms with Crippen LogP contribution in [-0.4, -0.2) is 36.2 Å². The Bertz CT molecular complexity index is 1130. The number of nitrogens with zero attached hydrogens (tertiary/aromatic N) is 3. The van der Waals surface area contributed by atoms with Crippen molar-refractivity contribution >= 4 is 46.2 Å². The third-order valence-corrected chi connectivity index (χ3v) is 6.54. The second kappa shape index (κ2) is 10.1. The van der Waals surface area contributed by atoms with Gasteiger partial charge in [0.05, 0.1) is 29.4 Å². The summed E-state index contributed by atoms with van der Waals surface area (Å²) in [6.07, 6.45) is -0.673. The van der Waals surface area contributed by atoms with E-state index >= 15 is 0 Å². The van der Waals surface area contributed by atoms with Crippen molar-refractivity contribution in [3.05, 3.63) is 104 Å². The third-order valence-electron chi connectivity index (χ3n) is 5.75. The van der Waals surface area contributed by atoms with Gasteiger partial charge in [-0.2, -0.15) is 0 Å². The summed E-state index contributed by atoms with van der Waals surface area (Å²) in [5.41, 5.74) is 3.34. The SMILES string of the molecule is [C-]#[N+]c1cccc([C@H](O)CN2CCN(c3ccc(Cl)cc3Cl)[C@H](c3ccc(Cl)cc3)C2)c1. The van der Waals surface area contributed by atoms with Crippen molar-refractivity contribution in [3.8, 4) is 0 Å². The highest BCUT2D eigenvalue weighted by Crippen LogP contribution is 2.37. The van der Waals surface area contributed by atoms with Gasteiger partial charge in [0.25, 0.3) is 0 Å². The minimum absolute atomic E-state index is 0.0291. The smallest absolute Gasteiger partial charge is 0.187 e. The fraction of sp³-hybridized carbons (Fsp3) is 0.240. The van der Waals surface area contributed by atoms with Crippen LogP contribution in [-0.2, 0) is 0 Å². The molecule has 3 aromatic carbocycles. The minimum Gasteiger partial charge on any atom is -0.387 e. The highest BCUT2D eigenvalue weighted by molar-refractivity contribution is 6.36. The molecule has 32 heavy (non-hydrogen) atoms. The molecule has 4 nitrogen and oxygen atoms in total. The van der Waals surface area contributed by atoms with Crippen LogP contribution in [0.25, 0.3) is 4.85 Å². The predicted octanol–water partition coefficient (Wildman–Crippen LogP) is 6.79. The summed E-state index contributed by atoms with van der Waals surface area (Å²) in [6, 6.07) is 20.6. The van der Waals surface area contributed by atoms with Gasteiger partial charge in [0.1, 0.15) is 0 Å². The van der Waals surface area contributed by atoms with E-state index in [1.54, 1.807) is 18.2 Å². The van der Waals surface area contributed by atoms with Gasteiger partial charge >= 0.3 is 0 Å². The van der Waals surface area contributed by atoms with Crippen LogP contribution in [0.4, 0.5) is 11.4 Å². The van der Waals surface area contributed by atoms with Crippen molar-refractivity contribution in [2.75, 3.05) is 31.1 Å². The van der Waals surface area contributed by atoms with Crippen LogP contribution < -0.4 is 4.90 Å². The van der Waals surface area contributed by atoms with Crippen molar-refractivity contribution in [2.45, 2.75) is 12.1 Å². The van der Waals surface area contributed by atoms with Crippen molar-refractivity contribution in [1.82, 2.24) is 4.90 Å². The van der Waals surface area contributed by atoms with E-state index in [9.17, 15) is 5.11 Å². The van der Waals surface area contributed by atoms with Crippen LogP contribution in [0.1, 0.15) is 23.3 Å². The zero-order valence-electron chi connectivity index (χ0n) is 17.3. The first-order valence-corrected chi connectivity index (χ1v) is 11.4. The first kappa shape index (κ1) is 22.9. The lowest BCUT2D eigenvalue weighted by molar-refractivity contribution is 0.101. The van der Waals surface area contributed by atoms with E-state index in [2.05, 4.69) is 14.6 Å². The van der Waals surface area contributed by atoms with Crippen molar-refractivity contribution in [1.29, 1.82) is 0 Å². The van der Waals surface area contributed by atoms with E-state index in [1.165, 1.54) is 0 Å². The number of hydrogen-bond donors (Lipinski definition) is 1. The molecule has 1 aliphatic heterocycles. The van der Waals surface area contributed by atoms with E-state index in [0.717, 1.165) is 29.9 Å². The van der Waals surface area contributed by atoms with Crippen LogP contribution in [0, 0.1) is 6.57 Å². The quantitative estimate of drug-likeness (QED) is 0.403. The Kier molecular flexibility index (Phi) is 7.25. The van der Waals surface area contributed by atoms with Gasteiger partial charge in [0, 0.05) is 36.2 Å². The highest BCUT2D eigenvalue weighted by atomic mass is 35.5. The Morgan fingerprint density at radius 1 is 0.969 bits per heavy atom. The van der Waals surface area contributed by atoms with Gasteiger partial charge in [0.15, 0.2) is 5.69 Å². The lowest BCUT2D eigenvalue weighted by Crippen LogP contribution is -2.49. The molecule has 0 unspecified atom stereocenters. The molecule has 0 spiro atoms. The van der Waals surface area contributed by atoms with Gasteiger partial charge in [-0.05, 0) is 41.5 Å². The first-order valence-electron chi connectivity index (χ1n) is 10.3. The number of hydrogen-bond acceptors (Lipinski definition) is 3. The number of aliphatic hydroxyl groups excluding tert-OH is 1. The van der Waals surface area contributed by atoms with Crippen LogP contribution in [0.5, 0.6) is 0 Å². The molecule has 0 bridgehead atoms. The Labute approximate surface area is 203 Å². The number of aliphatic hydroxyl groups is 1. The van der Waals surface area contributed by atoms with Crippen molar-refractivity contribution < 1.29 is 5.11 Å². The fourth-order valence-corrected chi connectivity index (χ4v) is 4.77. The number of rotatable bonds is 5. The number of benzene rings is 3. The molecule has 0 amide bonds. The summed E-state index contributed by atoms with van der Waals surface area (Å²) in [4.78, 5) is 7.99. The molecule has 1 heterocycles. The summed E-state index contributed by atoms with van der Waals surface area (Å²) < 4.78 is 0. The number of anilines is 1. The van der Waals surface area contributed by atoms with Gasteiger partial charge < -0.3 is 10.0 Å². The zero-order chi connectivity index (χ0) is 22.7. The van der Waals surface area contributed by atoms with Crippen LogP contribution in [0.15, 0.2) is 66.7 Å². The molecule has 0 radical (unpaired) electrons. The predicted molar refractivity (Wildman–Crippen MR) is 132 cm³/mol. The maximum Gasteiger partial charge on any atom is 0.187 e. The minimum atomic E-state index is -0.673. The average molecular weight is 487 g/mol. The maximum atomic E-state index is 10.8. The van der Waals surface area contributed by atoms with E-state index in [1.807, 2.05) is 48.5 Å². The van der Waals surface area contributed by atoms with E-state index in [-0.39, 0.29) is 6.04 Å². The molecular weight excluding hydrogens is 465 g/mol. The van der Waals surface area contributed by atoms with E-state index in [4.69, 9.17) is 41.4 Å². The van der Waals surface area contributed by atoms with Gasteiger partial charge in [-0.15, -0.1) is 0 Å². The second-order valence-corrected chi connectivity index (χ2v) is 9.12. The van der Waals surface area contributed by atoms with E-state index in [0.29, 0.717) is 33.8 Å². The molecule has 4 rings (SSSR count). The second-order valence-electron chi connectivity index (χ2n) is 7.84. The zero-order valence-corrected chi connectivity index (χ0v) is 19.5. The summed E-state index contributed by atoms with van der Waals surface area (Å²) >= 11 is 18.8. The fourth-order valence-electron chi connectivity index (χ4n) is 4.13. The molecule has 3 aromatic rings. The molecule has 0 saturated carbocycles. The molecule has 0 aliphatic carbocycles. The maximum absolute atomic E-state index is 10.8. The van der Waals surface area contributed by atoms with Crippen LogP contribution in [0.2, 0.25) is 15.1 Å². The van der Waals surface area contributed by atoms with Crippen molar-refractivity contribution in [2.24, 2.45) is 0 Å². The molecule has 0 aromatic heterocycles. The summed E-state index contributed by atoms with van der Waals surface area (Å²) in [5.74, 6) is 0. The summed E-state index contributed by atoms with van der Waals surface area (Å²) in [7, 11) is 0. The standard InChI is InChI=1S/C25H22Cl3N3O/c1-29-21-4-2-3-18(13-21)25(32)16-30-11-12-31(23-10-9-20(27)14-22(23)28)24(15-30)17-5-7-19(26)8-6-17/h2-10,13-14,24-25,32H,11-12,15-16H2/t24-,25+/m0/s1. The molecule has 1 saturated heterocycles. The Hall–Kier alpha value is -2.26. The Morgan fingerprint density at radius 3 is 2.44 bits per heavy atom. The largest absolute Gasteiger partial charge is 0.387 e. The Morgan fingerprint density at radius 2 is 1.72 bits per heavy atom. The lowest BCUT2D eigenvalue weighted by Gasteiger charge is -2.44. The normalized spacial score (nSPS) is 17.7. The molecule has 7 heteroatoms. The topological polar surface area (TPSA) is 31.1 Å². The van der Waals surface area contributed by atoms with Gasteiger partial charge in [-0.3, -0.25) is 4.90 Å². The highest BCUT2D eigenvalue weighted by Gasteiger charge is 2.30. The lowest BCUT2D eigenvalue weighted by atomic mass is 10.00. The van der Waals surface area contributed by atoms with Crippen LogP contribution in [0.3, 0.4) is 0 Å². The van der Waals surface area contributed by atoms with Gasteiger partial charge in [-0.25, -0.2) is 4.85 Å². The molecule has 1 fully saturated rings. The number of β-amino-alcohol motifs (C(OH)–C–C–N with tert-alkyl or cyclic N) is 1. The molecule has 1 aliphatic rings. The average Bonchev–Trinajstić information content (AvgIpc) is 2.80. The summed E-state index contributed by atoms with van der Waals surface area (Å²) in [5, 5.41) is 12.7. The molecule has 1 N–H and O–H groups in total. The molecular formula is C25H22Cl3N3O. The first-order chi connectivity index (χ1) is 15.4. The monoisotopic (exact) mass is 485 g/mol. The number of piperazine rings is 1. The van der Waals surface area contributed by atoms with E-state index < -0.39 is 6.10 Å².